The molecule has 10 nitrogen and oxygen atoms in total. The van der Waals surface area contributed by atoms with E-state index < -0.39 is 11.2 Å². The van der Waals surface area contributed by atoms with Crippen LogP contribution in [-0.2, 0) is 31.7 Å². The quantitative estimate of drug-likeness (QED) is 0.355. The number of aromatic amines is 1. The third kappa shape index (κ3) is 5.53. The molecular weight excluding hydrogens is 446 g/mol. The number of H-pyrrole nitrogens is 1. The van der Waals surface area contributed by atoms with Crippen LogP contribution in [0.1, 0.15) is 36.2 Å². The van der Waals surface area contributed by atoms with E-state index in [-0.39, 0.29) is 5.91 Å². The van der Waals surface area contributed by atoms with Crippen molar-refractivity contribution in [1.29, 1.82) is 0 Å². The van der Waals surface area contributed by atoms with E-state index in [1.165, 1.54) is 11.6 Å². The number of nitrogens with zero attached hydrogens (tertiary/aromatic N) is 5. The molecule has 0 aliphatic carbocycles. The summed E-state index contributed by atoms with van der Waals surface area (Å²) in [5.41, 5.74) is 3.77. The average Bonchev–Trinajstić information content (AvgIpc) is 3.29. The Morgan fingerprint density at radius 1 is 1.00 bits per heavy atom. The van der Waals surface area contributed by atoms with Crippen molar-refractivity contribution in [2.75, 3.05) is 6.54 Å². The monoisotopic (exact) mass is 475 g/mol. The number of hydrogen-bond donors (Lipinski definition) is 2. The second kappa shape index (κ2) is 10.5. The van der Waals surface area contributed by atoms with Crippen molar-refractivity contribution in [2.24, 2.45) is 14.1 Å². The lowest BCUT2D eigenvalue weighted by atomic mass is 10.1. The van der Waals surface area contributed by atoms with Crippen molar-refractivity contribution in [3.63, 3.8) is 0 Å². The summed E-state index contributed by atoms with van der Waals surface area (Å²) >= 11 is 0. The first kappa shape index (κ1) is 24.1. The van der Waals surface area contributed by atoms with Gasteiger partial charge >= 0.3 is 5.69 Å². The minimum Gasteiger partial charge on any atom is -0.356 e. The van der Waals surface area contributed by atoms with Crippen LogP contribution in [0.2, 0.25) is 0 Å². The molecule has 1 amide bonds. The average molecular weight is 476 g/mol. The Kier molecular flexibility index (Phi) is 7.19. The molecule has 0 spiro atoms. The molecule has 0 aliphatic rings. The molecule has 0 atom stereocenters. The van der Waals surface area contributed by atoms with Gasteiger partial charge in [-0.1, -0.05) is 0 Å². The molecule has 0 saturated heterocycles. The number of amides is 1. The van der Waals surface area contributed by atoms with E-state index in [1.807, 2.05) is 31.2 Å². The standard InChI is InChI=1S/C25H29N7O3/c1-16-9-12-26-18(14-16)19-15-17(10-13-27-19)6-4-8-21(33)28-11-5-7-20-29-22-23(30-20)31(2)25(35)32(3)24(22)34/h9-10,12-15H,4-8,11H2,1-3H3,(H,28,33)(H,29,30). The Morgan fingerprint density at radius 2 is 1.74 bits per heavy atom. The fourth-order valence-corrected chi connectivity index (χ4v) is 3.96. The van der Waals surface area contributed by atoms with Crippen LogP contribution in [0, 0.1) is 6.92 Å². The SMILES string of the molecule is Cc1ccnc(-c2cc(CCCC(=O)NCCCc3nc4c([nH]3)c(=O)n(C)c(=O)n4C)ccn2)c1. The number of fused-ring (bicyclic) bond motifs is 1. The number of rotatable bonds is 9. The van der Waals surface area contributed by atoms with Gasteiger partial charge in [0.25, 0.3) is 5.56 Å². The lowest BCUT2D eigenvalue weighted by molar-refractivity contribution is -0.121. The van der Waals surface area contributed by atoms with Gasteiger partial charge in [0.1, 0.15) is 11.3 Å². The molecule has 0 fully saturated rings. The predicted molar refractivity (Wildman–Crippen MR) is 133 cm³/mol. The second-order valence-corrected chi connectivity index (χ2v) is 8.66. The Morgan fingerprint density at radius 3 is 2.51 bits per heavy atom. The molecule has 4 aromatic rings. The molecular formula is C25H29N7O3. The number of nitrogens with one attached hydrogen (secondary N) is 2. The maximum Gasteiger partial charge on any atom is 0.332 e. The fraction of sp³-hybridized carbons (Fsp3) is 0.360. The Labute approximate surface area is 202 Å². The summed E-state index contributed by atoms with van der Waals surface area (Å²) < 4.78 is 2.40. The number of imidazole rings is 1. The highest BCUT2D eigenvalue weighted by molar-refractivity contribution is 5.75. The van der Waals surface area contributed by atoms with Crippen molar-refractivity contribution < 1.29 is 4.79 Å². The first-order valence-corrected chi connectivity index (χ1v) is 11.6. The van der Waals surface area contributed by atoms with E-state index in [4.69, 9.17) is 0 Å². The lowest BCUT2D eigenvalue weighted by Gasteiger charge is -2.06. The van der Waals surface area contributed by atoms with Gasteiger partial charge in [0, 0.05) is 45.9 Å². The zero-order valence-electron chi connectivity index (χ0n) is 20.2. The molecule has 0 saturated carbocycles. The van der Waals surface area contributed by atoms with Crippen LogP contribution in [0.3, 0.4) is 0 Å². The Balaban J connectivity index is 1.23. The molecule has 0 aromatic carbocycles. The van der Waals surface area contributed by atoms with E-state index in [0.717, 1.165) is 39.9 Å². The maximum absolute atomic E-state index is 12.3. The van der Waals surface area contributed by atoms with Gasteiger partial charge in [-0.15, -0.1) is 0 Å². The molecule has 4 aromatic heterocycles. The van der Waals surface area contributed by atoms with E-state index in [0.29, 0.717) is 42.8 Å². The first-order chi connectivity index (χ1) is 16.8. The molecule has 4 rings (SSSR count). The van der Waals surface area contributed by atoms with Crippen LogP contribution in [0.15, 0.2) is 46.2 Å². The molecule has 0 unspecified atom stereocenters. The highest BCUT2D eigenvalue weighted by atomic mass is 16.2. The number of aromatic nitrogens is 6. The fourth-order valence-electron chi connectivity index (χ4n) is 3.96. The summed E-state index contributed by atoms with van der Waals surface area (Å²) in [6.07, 6.45) is 6.72. The number of pyridine rings is 2. The molecule has 10 heteroatoms. The van der Waals surface area contributed by atoms with Gasteiger partial charge < -0.3 is 10.3 Å². The normalized spacial score (nSPS) is 11.2. The van der Waals surface area contributed by atoms with Crippen LogP contribution in [-0.4, -0.2) is 41.5 Å². The first-order valence-electron chi connectivity index (χ1n) is 11.6. The maximum atomic E-state index is 12.3. The molecule has 35 heavy (non-hydrogen) atoms. The third-order valence-corrected chi connectivity index (χ3v) is 5.93. The Bertz CT molecular complexity index is 1480. The van der Waals surface area contributed by atoms with Crippen LogP contribution < -0.4 is 16.6 Å². The molecule has 0 bridgehead atoms. The third-order valence-electron chi connectivity index (χ3n) is 5.93. The lowest BCUT2D eigenvalue weighted by Crippen LogP contribution is -2.36. The number of hydrogen-bond acceptors (Lipinski definition) is 6. The molecule has 0 aliphatic heterocycles. The van der Waals surface area contributed by atoms with Crippen molar-refractivity contribution in [2.45, 2.75) is 39.0 Å². The number of aryl methyl sites for hydroxylation is 4. The van der Waals surface area contributed by atoms with Crippen LogP contribution in [0.4, 0.5) is 0 Å². The molecule has 2 N–H and O–H groups in total. The summed E-state index contributed by atoms with van der Waals surface area (Å²) in [6, 6.07) is 7.95. The van der Waals surface area contributed by atoms with Crippen molar-refractivity contribution in [1.82, 2.24) is 34.4 Å². The summed E-state index contributed by atoms with van der Waals surface area (Å²) in [5.74, 6) is 0.615. The number of carbonyl (C=O) groups is 1. The van der Waals surface area contributed by atoms with Gasteiger partial charge in [0.05, 0.1) is 11.4 Å². The zero-order chi connectivity index (χ0) is 24.9. The van der Waals surface area contributed by atoms with Gasteiger partial charge in [-0.3, -0.25) is 28.7 Å². The van der Waals surface area contributed by atoms with Gasteiger partial charge in [0.15, 0.2) is 5.65 Å². The minimum absolute atomic E-state index is 0.000465. The Hall–Kier alpha value is -4.08. The minimum atomic E-state index is -0.414. The van der Waals surface area contributed by atoms with Crippen LogP contribution in [0.5, 0.6) is 0 Å². The van der Waals surface area contributed by atoms with E-state index in [9.17, 15) is 14.4 Å². The summed E-state index contributed by atoms with van der Waals surface area (Å²) in [6.45, 7) is 2.53. The summed E-state index contributed by atoms with van der Waals surface area (Å²) in [4.78, 5) is 52.7. The van der Waals surface area contributed by atoms with Crippen molar-refractivity contribution in [3.05, 3.63) is 74.4 Å². The largest absolute Gasteiger partial charge is 0.356 e. The second-order valence-electron chi connectivity index (χ2n) is 8.66. The molecule has 182 valence electrons. The smallest absolute Gasteiger partial charge is 0.332 e. The van der Waals surface area contributed by atoms with E-state index >= 15 is 0 Å². The van der Waals surface area contributed by atoms with E-state index in [2.05, 4.69) is 25.3 Å². The van der Waals surface area contributed by atoms with Crippen LogP contribution >= 0.6 is 0 Å². The van der Waals surface area contributed by atoms with Gasteiger partial charge in [0.2, 0.25) is 5.91 Å². The highest BCUT2D eigenvalue weighted by Crippen LogP contribution is 2.17. The highest BCUT2D eigenvalue weighted by Gasteiger charge is 2.13. The topological polar surface area (TPSA) is 128 Å². The summed E-state index contributed by atoms with van der Waals surface area (Å²) in [7, 11) is 3.02. The predicted octanol–water partition coefficient (Wildman–Crippen LogP) is 1.80. The summed E-state index contributed by atoms with van der Waals surface area (Å²) in [5, 5.41) is 2.93. The number of carbonyl (C=O) groups excluding carboxylic acids is 1. The van der Waals surface area contributed by atoms with Gasteiger partial charge in [-0.25, -0.2) is 9.78 Å². The molecule has 4 heterocycles. The van der Waals surface area contributed by atoms with Crippen LogP contribution in [0.25, 0.3) is 22.6 Å². The van der Waals surface area contributed by atoms with Gasteiger partial charge in [-0.2, -0.15) is 0 Å². The van der Waals surface area contributed by atoms with Gasteiger partial charge in [-0.05, 0) is 61.6 Å². The molecule has 0 radical (unpaired) electrons. The van der Waals surface area contributed by atoms with Crippen molar-refractivity contribution in [3.8, 4) is 11.4 Å². The van der Waals surface area contributed by atoms with E-state index in [1.54, 1.807) is 19.4 Å². The van der Waals surface area contributed by atoms with Crippen molar-refractivity contribution >= 4 is 17.1 Å². The zero-order valence-corrected chi connectivity index (χ0v) is 20.2.